The standard InChI is InChI=1S/C20H35NO.C8H18O3.C4H8O3/c1-2-3-4-5-6-7-8-9-10-11-12-16-19-22-21-20-17-14-13-15-18-20;1-3-9-5-7-11-8-6-10-4-2;1-2-7-3-4(5)6/h13-15,17-18,21H,2-12,16,19H2,1H3;3-8H2,1-2H3;2-3H2,1H3,(H,5,6). The summed E-state index contributed by atoms with van der Waals surface area (Å²) in [6, 6.07) is 10.1. The zero-order valence-corrected chi connectivity index (χ0v) is 26.1. The summed E-state index contributed by atoms with van der Waals surface area (Å²) in [5, 5.41) is 7.92. The van der Waals surface area contributed by atoms with Gasteiger partial charge in [-0.1, -0.05) is 95.8 Å². The summed E-state index contributed by atoms with van der Waals surface area (Å²) in [7, 11) is 0. The third kappa shape index (κ3) is 38.4. The van der Waals surface area contributed by atoms with Crippen LogP contribution in [-0.4, -0.2) is 70.5 Å². The molecule has 40 heavy (non-hydrogen) atoms. The number of hydrogen-bond donors (Lipinski definition) is 2. The molecule has 236 valence electrons. The van der Waals surface area contributed by atoms with Gasteiger partial charge in [-0.15, -0.1) is 0 Å². The highest BCUT2D eigenvalue weighted by Crippen LogP contribution is 2.12. The second-order valence-electron chi connectivity index (χ2n) is 9.24. The molecule has 0 radical (unpaired) electrons. The molecule has 1 rings (SSSR count). The molecule has 8 heteroatoms. The maximum atomic E-state index is 9.63. The van der Waals surface area contributed by atoms with Crippen molar-refractivity contribution in [1.82, 2.24) is 0 Å². The van der Waals surface area contributed by atoms with E-state index in [1.807, 2.05) is 44.2 Å². The zero-order valence-electron chi connectivity index (χ0n) is 26.1. The number of carbonyl (C=O) groups is 1. The number of ether oxygens (including phenoxy) is 4. The summed E-state index contributed by atoms with van der Waals surface area (Å²) in [4.78, 5) is 15.1. The van der Waals surface area contributed by atoms with Crippen LogP contribution in [0.1, 0.15) is 105 Å². The Hall–Kier alpha value is -1.71. The van der Waals surface area contributed by atoms with E-state index >= 15 is 0 Å². The largest absolute Gasteiger partial charge is 0.480 e. The van der Waals surface area contributed by atoms with Gasteiger partial charge in [-0.2, -0.15) is 0 Å². The van der Waals surface area contributed by atoms with Crippen molar-refractivity contribution in [2.24, 2.45) is 0 Å². The number of unbranched alkanes of at least 4 members (excludes halogenated alkanes) is 11. The quantitative estimate of drug-likeness (QED) is 0.0855. The lowest BCUT2D eigenvalue weighted by Gasteiger charge is -2.06. The minimum absolute atomic E-state index is 0.184. The summed E-state index contributed by atoms with van der Waals surface area (Å²) in [5.74, 6) is -0.915. The van der Waals surface area contributed by atoms with Crippen molar-refractivity contribution in [2.75, 3.05) is 64.9 Å². The van der Waals surface area contributed by atoms with Crippen LogP contribution >= 0.6 is 0 Å². The number of carboxylic acids is 1. The molecule has 0 aliphatic rings. The van der Waals surface area contributed by atoms with Crippen LogP contribution in [0.2, 0.25) is 0 Å². The fourth-order valence-electron chi connectivity index (χ4n) is 3.47. The van der Waals surface area contributed by atoms with Crippen LogP contribution < -0.4 is 5.48 Å². The number of carboxylic acid groups (broad SMARTS) is 1. The van der Waals surface area contributed by atoms with Gasteiger partial charge in [-0.05, 0) is 39.3 Å². The maximum absolute atomic E-state index is 9.63. The Kier molecular flexibility index (Phi) is 37.7. The van der Waals surface area contributed by atoms with Crippen LogP contribution in [0.5, 0.6) is 0 Å². The first kappa shape index (κ1) is 40.4. The second kappa shape index (κ2) is 37.3. The van der Waals surface area contributed by atoms with Gasteiger partial charge in [0.25, 0.3) is 0 Å². The number of benzene rings is 1. The van der Waals surface area contributed by atoms with E-state index in [1.165, 1.54) is 70.6 Å². The molecular formula is C32H61NO7. The van der Waals surface area contributed by atoms with Crippen LogP contribution in [-0.2, 0) is 28.6 Å². The molecular weight excluding hydrogens is 510 g/mol. The molecule has 0 aliphatic heterocycles. The third-order valence-electron chi connectivity index (χ3n) is 5.65. The molecule has 8 nitrogen and oxygen atoms in total. The van der Waals surface area contributed by atoms with E-state index in [0.29, 0.717) is 33.0 Å². The van der Waals surface area contributed by atoms with Crippen LogP contribution in [0.15, 0.2) is 30.3 Å². The second-order valence-corrected chi connectivity index (χ2v) is 9.24. The Labute approximate surface area is 245 Å². The predicted molar refractivity (Wildman–Crippen MR) is 165 cm³/mol. The molecule has 0 spiro atoms. The molecule has 0 fully saturated rings. The SMILES string of the molecule is CCCCCCCCCCCCCCONc1ccccc1.CCOCC(=O)O.CCOCCOCCOCC. The topological polar surface area (TPSA) is 95.5 Å². The molecule has 1 aromatic carbocycles. The van der Waals surface area contributed by atoms with E-state index in [0.717, 1.165) is 31.9 Å². The van der Waals surface area contributed by atoms with E-state index in [9.17, 15) is 4.79 Å². The van der Waals surface area contributed by atoms with Crippen molar-refractivity contribution in [2.45, 2.75) is 105 Å². The first-order valence-corrected chi connectivity index (χ1v) is 15.6. The molecule has 0 amide bonds. The normalized spacial score (nSPS) is 10.3. The molecule has 0 saturated heterocycles. The summed E-state index contributed by atoms with van der Waals surface area (Å²) < 4.78 is 19.8. The molecule has 0 bridgehead atoms. The Morgan fingerprint density at radius 3 is 1.48 bits per heavy atom. The highest BCUT2D eigenvalue weighted by Gasteiger charge is 1.95. The molecule has 1 aromatic rings. The van der Waals surface area contributed by atoms with E-state index in [-0.39, 0.29) is 6.61 Å². The first-order chi connectivity index (χ1) is 19.6. The molecule has 0 aromatic heterocycles. The Balaban J connectivity index is 0. The average Bonchev–Trinajstić information content (AvgIpc) is 2.97. The van der Waals surface area contributed by atoms with Gasteiger partial charge >= 0.3 is 5.97 Å². The Bertz CT molecular complexity index is 582. The minimum atomic E-state index is -0.915. The number of hydrogen-bond acceptors (Lipinski definition) is 7. The molecule has 0 saturated carbocycles. The van der Waals surface area contributed by atoms with Gasteiger partial charge in [-0.3, -0.25) is 10.3 Å². The van der Waals surface area contributed by atoms with Crippen molar-refractivity contribution in [1.29, 1.82) is 0 Å². The predicted octanol–water partition coefficient (Wildman–Crippen LogP) is 7.91. The van der Waals surface area contributed by atoms with Gasteiger partial charge in [0.05, 0.1) is 38.7 Å². The highest BCUT2D eigenvalue weighted by atomic mass is 16.6. The number of anilines is 1. The Morgan fingerprint density at radius 2 is 1.05 bits per heavy atom. The number of aliphatic carboxylic acids is 1. The van der Waals surface area contributed by atoms with E-state index in [1.54, 1.807) is 6.92 Å². The fraction of sp³-hybridized carbons (Fsp3) is 0.781. The lowest BCUT2D eigenvalue weighted by molar-refractivity contribution is -0.142. The van der Waals surface area contributed by atoms with E-state index in [2.05, 4.69) is 17.1 Å². The van der Waals surface area contributed by atoms with Crippen molar-refractivity contribution in [3.8, 4) is 0 Å². The molecule has 0 atom stereocenters. The first-order valence-electron chi connectivity index (χ1n) is 15.6. The molecule has 0 heterocycles. The van der Waals surface area contributed by atoms with Crippen LogP contribution in [0.25, 0.3) is 0 Å². The summed E-state index contributed by atoms with van der Waals surface area (Å²) >= 11 is 0. The highest BCUT2D eigenvalue weighted by molar-refractivity contribution is 5.67. The smallest absolute Gasteiger partial charge is 0.329 e. The number of para-hydroxylation sites is 1. The van der Waals surface area contributed by atoms with Gasteiger partial charge in [0, 0.05) is 19.8 Å². The summed E-state index contributed by atoms with van der Waals surface area (Å²) in [6.45, 7) is 13.3. The summed E-state index contributed by atoms with van der Waals surface area (Å²) in [6.07, 6.45) is 16.6. The van der Waals surface area contributed by atoms with Crippen molar-refractivity contribution in [3.63, 3.8) is 0 Å². The van der Waals surface area contributed by atoms with Crippen LogP contribution in [0.3, 0.4) is 0 Å². The fourth-order valence-corrected chi connectivity index (χ4v) is 3.47. The van der Waals surface area contributed by atoms with Gasteiger partial charge in [0.2, 0.25) is 0 Å². The van der Waals surface area contributed by atoms with Gasteiger partial charge < -0.3 is 24.1 Å². The molecule has 2 N–H and O–H groups in total. The molecule has 0 aliphatic carbocycles. The van der Waals surface area contributed by atoms with Gasteiger partial charge in [0.15, 0.2) is 0 Å². The molecule has 0 unspecified atom stereocenters. The number of rotatable bonds is 26. The zero-order chi connectivity index (χ0) is 29.8. The van der Waals surface area contributed by atoms with Gasteiger partial charge in [-0.25, -0.2) is 4.79 Å². The third-order valence-corrected chi connectivity index (χ3v) is 5.65. The minimum Gasteiger partial charge on any atom is -0.480 e. The van der Waals surface area contributed by atoms with Crippen LogP contribution in [0, 0.1) is 0 Å². The van der Waals surface area contributed by atoms with Crippen molar-refractivity contribution in [3.05, 3.63) is 30.3 Å². The Morgan fingerprint density at radius 1 is 0.600 bits per heavy atom. The van der Waals surface area contributed by atoms with E-state index < -0.39 is 5.97 Å². The van der Waals surface area contributed by atoms with Gasteiger partial charge in [0.1, 0.15) is 6.61 Å². The monoisotopic (exact) mass is 571 g/mol. The lowest BCUT2D eigenvalue weighted by atomic mass is 10.1. The van der Waals surface area contributed by atoms with Crippen molar-refractivity contribution < 1.29 is 33.7 Å². The number of nitrogens with one attached hydrogen (secondary N) is 1. The van der Waals surface area contributed by atoms with Crippen molar-refractivity contribution >= 4 is 11.7 Å². The maximum Gasteiger partial charge on any atom is 0.329 e. The van der Waals surface area contributed by atoms with Crippen LogP contribution in [0.4, 0.5) is 5.69 Å². The summed E-state index contributed by atoms with van der Waals surface area (Å²) in [5.41, 5.74) is 4.01. The lowest BCUT2D eigenvalue weighted by Crippen LogP contribution is -2.08. The van der Waals surface area contributed by atoms with E-state index in [4.69, 9.17) is 24.2 Å². The average molecular weight is 572 g/mol.